The van der Waals surface area contributed by atoms with Crippen LogP contribution in [-0.4, -0.2) is 56.3 Å². The van der Waals surface area contributed by atoms with Crippen LogP contribution in [0.5, 0.6) is 0 Å². The first-order valence-corrected chi connectivity index (χ1v) is 10.3. The van der Waals surface area contributed by atoms with E-state index in [1.165, 1.54) is 16.7 Å². The van der Waals surface area contributed by atoms with Crippen molar-refractivity contribution in [1.82, 2.24) is 4.90 Å². The van der Waals surface area contributed by atoms with E-state index in [0.29, 0.717) is 17.1 Å². The number of rotatable bonds is 5. The minimum absolute atomic E-state index is 0.0130. The second kappa shape index (κ2) is 7.74. The molecule has 1 aromatic carbocycles. The lowest BCUT2D eigenvalue weighted by atomic mass is 10.1. The monoisotopic (exact) mass is 386 g/mol. The van der Waals surface area contributed by atoms with Crippen LogP contribution in [0.4, 0.5) is 5.69 Å². The van der Waals surface area contributed by atoms with Gasteiger partial charge < -0.3 is 9.80 Å². The Morgan fingerprint density at radius 3 is 2.56 bits per heavy atom. The van der Waals surface area contributed by atoms with Crippen LogP contribution >= 0.6 is 11.6 Å². The van der Waals surface area contributed by atoms with Crippen LogP contribution in [0.2, 0.25) is 5.02 Å². The van der Waals surface area contributed by atoms with Gasteiger partial charge in [0.25, 0.3) is 0 Å². The number of amides is 2. The number of anilines is 1. The molecule has 8 heteroatoms. The molecule has 25 heavy (non-hydrogen) atoms. The predicted molar refractivity (Wildman–Crippen MR) is 98.7 cm³/mol. The zero-order chi connectivity index (χ0) is 18.8. The summed E-state index contributed by atoms with van der Waals surface area (Å²) in [6.07, 6.45) is 0.590. The summed E-state index contributed by atoms with van der Waals surface area (Å²) in [5, 5.41) is 0.520. The third-order valence-electron chi connectivity index (χ3n) is 4.54. The first kappa shape index (κ1) is 19.7. The number of nitrogens with zero attached hydrogens (tertiary/aromatic N) is 2. The van der Waals surface area contributed by atoms with Crippen molar-refractivity contribution in [2.45, 2.75) is 32.7 Å². The third-order valence-corrected chi connectivity index (χ3v) is 6.53. The summed E-state index contributed by atoms with van der Waals surface area (Å²) in [6, 6.07) is 5.00. The van der Waals surface area contributed by atoms with Crippen LogP contribution in [0.25, 0.3) is 0 Å². The van der Waals surface area contributed by atoms with Crippen molar-refractivity contribution in [2.24, 2.45) is 0 Å². The van der Waals surface area contributed by atoms with E-state index >= 15 is 0 Å². The Balaban J connectivity index is 2.05. The van der Waals surface area contributed by atoms with Crippen LogP contribution in [0.3, 0.4) is 0 Å². The molecule has 1 unspecified atom stereocenters. The number of sulfone groups is 1. The lowest BCUT2D eigenvalue weighted by molar-refractivity contribution is -0.131. The standard InChI is InChI=1S/C17H23ClN2O4S/c1-12-4-5-14(18)10-16(12)20(13(2)21)8-6-17(22)19(3)15-7-9-25(23,24)11-15/h4-5,10,15H,6-9,11H2,1-3H3. The maximum Gasteiger partial charge on any atom is 0.224 e. The van der Waals surface area contributed by atoms with Crippen LogP contribution in [0, 0.1) is 6.92 Å². The number of aryl methyl sites for hydroxylation is 1. The van der Waals surface area contributed by atoms with Gasteiger partial charge in [0.1, 0.15) is 0 Å². The molecule has 1 saturated heterocycles. The lowest BCUT2D eigenvalue weighted by Crippen LogP contribution is -2.40. The molecule has 1 atom stereocenters. The van der Waals surface area contributed by atoms with E-state index in [-0.39, 0.29) is 42.3 Å². The van der Waals surface area contributed by atoms with E-state index in [2.05, 4.69) is 0 Å². The fraction of sp³-hybridized carbons (Fsp3) is 0.529. The van der Waals surface area contributed by atoms with Gasteiger partial charge in [0.05, 0.1) is 11.5 Å². The average molecular weight is 387 g/mol. The molecule has 1 heterocycles. The van der Waals surface area contributed by atoms with Gasteiger partial charge in [0.15, 0.2) is 9.84 Å². The highest BCUT2D eigenvalue weighted by Crippen LogP contribution is 2.25. The quantitative estimate of drug-likeness (QED) is 0.776. The van der Waals surface area contributed by atoms with Crippen molar-refractivity contribution in [3.63, 3.8) is 0 Å². The first-order valence-electron chi connectivity index (χ1n) is 8.11. The molecule has 2 rings (SSSR count). The zero-order valence-electron chi connectivity index (χ0n) is 14.7. The SMILES string of the molecule is CC(=O)N(CCC(=O)N(C)C1CCS(=O)(=O)C1)c1cc(Cl)ccc1C. The van der Waals surface area contributed by atoms with Crippen molar-refractivity contribution in [3.8, 4) is 0 Å². The molecule has 0 radical (unpaired) electrons. The largest absolute Gasteiger partial charge is 0.342 e. The molecule has 1 aromatic rings. The Morgan fingerprint density at radius 1 is 1.32 bits per heavy atom. The van der Waals surface area contributed by atoms with Crippen molar-refractivity contribution < 1.29 is 18.0 Å². The normalized spacial score (nSPS) is 18.8. The van der Waals surface area contributed by atoms with Gasteiger partial charge in [-0.25, -0.2) is 8.42 Å². The second-order valence-corrected chi connectivity index (χ2v) is 9.08. The first-order chi connectivity index (χ1) is 11.6. The van der Waals surface area contributed by atoms with Gasteiger partial charge in [-0.15, -0.1) is 0 Å². The fourth-order valence-corrected chi connectivity index (χ4v) is 4.93. The molecule has 2 amide bonds. The van der Waals surface area contributed by atoms with E-state index in [1.807, 2.05) is 13.0 Å². The summed E-state index contributed by atoms with van der Waals surface area (Å²) < 4.78 is 23.1. The van der Waals surface area contributed by atoms with Gasteiger partial charge in [-0.3, -0.25) is 9.59 Å². The Labute approximate surface area is 153 Å². The summed E-state index contributed by atoms with van der Waals surface area (Å²) in [6.45, 7) is 3.54. The number of hydrogen-bond acceptors (Lipinski definition) is 4. The van der Waals surface area contributed by atoms with Gasteiger partial charge in [0.2, 0.25) is 11.8 Å². The van der Waals surface area contributed by atoms with Crippen LogP contribution < -0.4 is 4.90 Å². The van der Waals surface area contributed by atoms with Crippen molar-refractivity contribution >= 4 is 38.9 Å². The van der Waals surface area contributed by atoms with Crippen LogP contribution in [0.15, 0.2) is 18.2 Å². The number of benzene rings is 1. The highest BCUT2D eigenvalue weighted by molar-refractivity contribution is 7.91. The van der Waals surface area contributed by atoms with Crippen molar-refractivity contribution in [1.29, 1.82) is 0 Å². The summed E-state index contributed by atoms with van der Waals surface area (Å²) >= 11 is 6.02. The number of carbonyl (C=O) groups is 2. The van der Waals surface area contributed by atoms with Gasteiger partial charge in [-0.2, -0.15) is 0 Å². The van der Waals surface area contributed by atoms with Crippen molar-refractivity contribution in [2.75, 3.05) is 30.0 Å². The molecule has 1 aliphatic rings. The zero-order valence-corrected chi connectivity index (χ0v) is 16.2. The summed E-state index contributed by atoms with van der Waals surface area (Å²) in [5.41, 5.74) is 1.57. The highest BCUT2D eigenvalue weighted by atomic mass is 35.5. The Kier molecular flexibility index (Phi) is 6.11. The number of carbonyl (C=O) groups excluding carboxylic acids is 2. The minimum atomic E-state index is -3.05. The molecular formula is C17H23ClN2O4S. The van der Waals surface area contributed by atoms with Crippen LogP contribution in [-0.2, 0) is 19.4 Å². The summed E-state index contributed by atoms with van der Waals surface area (Å²) in [5.74, 6) is -0.215. The summed E-state index contributed by atoms with van der Waals surface area (Å²) in [4.78, 5) is 27.4. The number of hydrogen-bond donors (Lipinski definition) is 0. The Hall–Kier alpha value is -1.60. The van der Waals surface area contributed by atoms with Gasteiger partial charge in [-0.1, -0.05) is 17.7 Å². The highest BCUT2D eigenvalue weighted by Gasteiger charge is 2.32. The van der Waals surface area contributed by atoms with Gasteiger partial charge in [0, 0.05) is 43.7 Å². The van der Waals surface area contributed by atoms with Gasteiger partial charge in [-0.05, 0) is 31.0 Å². The predicted octanol–water partition coefficient (Wildman–Crippen LogP) is 2.04. The van der Waals surface area contributed by atoms with E-state index in [4.69, 9.17) is 11.6 Å². The molecule has 0 N–H and O–H groups in total. The smallest absolute Gasteiger partial charge is 0.224 e. The molecule has 1 fully saturated rings. The fourth-order valence-electron chi connectivity index (χ4n) is 2.99. The maximum absolute atomic E-state index is 12.4. The molecule has 0 aliphatic carbocycles. The molecule has 0 bridgehead atoms. The van der Waals surface area contributed by atoms with E-state index < -0.39 is 9.84 Å². The summed E-state index contributed by atoms with van der Waals surface area (Å²) in [7, 11) is -1.42. The topological polar surface area (TPSA) is 74.8 Å². The third kappa shape index (κ3) is 4.95. The molecule has 1 aliphatic heterocycles. The van der Waals surface area contributed by atoms with Gasteiger partial charge >= 0.3 is 0 Å². The van der Waals surface area contributed by atoms with E-state index in [1.54, 1.807) is 19.2 Å². The molecule has 0 saturated carbocycles. The lowest BCUT2D eigenvalue weighted by Gasteiger charge is -2.27. The Morgan fingerprint density at radius 2 is 2.00 bits per heavy atom. The molecule has 6 nitrogen and oxygen atoms in total. The number of halogens is 1. The second-order valence-electron chi connectivity index (χ2n) is 6.41. The van der Waals surface area contributed by atoms with E-state index in [0.717, 1.165) is 5.56 Å². The molecule has 0 aromatic heterocycles. The molecule has 138 valence electrons. The Bertz CT molecular complexity index is 779. The van der Waals surface area contributed by atoms with E-state index in [9.17, 15) is 18.0 Å². The molecular weight excluding hydrogens is 364 g/mol. The average Bonchev–Trinajstić information content (AvgIpc) is 2.89. The minimum Gasteiger partial charge on any atom is -0.342 e. The van der Waals surface area contributed by atoms with Crippen molar-refractivity contribution in [3.05, 3.63) is 28.8 Å². The molecule has 0 spiro atoms. The maximum atomic E-state index is 12.4. The van der Waals surface area contributed by atoms with Crippen LogP contribution in [0.1, 0.15) is 25.3 Å².